The molecule has 0 N–H and O–H groups in total. The number of hydrogen-bond acceptors (Lipinski definition) is 3. The second-order valence-electron chi connectivity index (χ2n) is 3.11. The highest BCUT2D eigenvalue weighted by molar-refractivity contribution is 8.13. The first-order valence-corrected chi connectivity index (χ1v) is 7.02. The van der Waals surface area contributed by atoms with Crippen LogP contribution in [0.4, 0.5) is 0 Å². The summed E-state index contributed by atoms with van der Waals surface area (Å²) in [5.41, 5.74) is 0. The van der Waals surface area contributed by atoms with Gasteiger partial charge in [-0.15, -0.1) is 0 Å². The van der Waals surface area contributed by atoms with E-state index in [2.05, 4.69) is 6.92 Å². The Hall–Kier alpha value is -0.740. The van der Waals surface area contributed by atoms with E-state index in [1.54, 1.807) is 12.1 Å². The molecular formula is C10H13ClO3S. The lowest BCUT2D eigenvalue weighted by molar-refractivity contribution is 0.308. The highest BCUT2D eigenvalue weighted by Gasteiger charge is 2.10. The smallest absolute Gasteiger partial charge is 0.261 e. The Morgan fingerprint density at radius 2 is 2.13 bits per heavy atom. The molecule has 0 aliphatic carbocycles. The van der Waals surface area contributed by atoms with Crippen molar-refractivity contribution >= 4 is 19.7 Å². The second-order valence-corrected chi connectivity index (χ2v) is 5.68. The maximum atomic E-state index is 11.0. The highest BCUT2D eigenvalue weighted by Crippen LogP contribution is 2.20. The summed E-state index contributed by atoms with van der Waals surface area (Å²) < 4.78 is 27.4. The molecule has 0 unspecified atom stereocenters. The maximum Gasteiger partial charge on any atom is 0.261 e. The van der Waals surface area contributed by atoms with Crippen LogP contribution in [0.3, 0.4) is 0 Å². The SMILES string of the molecule is CCCCOc1cccc(S(=O)(=O)Cl)c1. The van der Waals surface area contributed by atoms with E-state index in [-0.39, 0.29) is 4.90 Å². The molecule has 5 heteroatoms. The van der Waals surface area contributed by atoms with E-state index in [0.717, 1.165) is 12.8 Å². The van der Waals surface area contributed by atoms with Crippen molar-refractivity contribution < 1.29 is 13.2 Å². The molecule has 0 aliphatic rings. The molecule has 84 valence electrons. The molecule has 0 spiro atoms. The fourth-order valence-electron chi connectivity index (χ4n) is 1.05. The third kappa shape index (κ3) is 4.10. The standard InChI is InChI=1S/C10H13ClO3S/c1-2-3-7-14-9-5-4-6-10(8-9)15(11,12)13/h4-6,8H,2-3,7H2,1H3. The van der Waals surface area contributed by atoms with Gasteiger partial charge in [-0.05, 0) is 18.6 Å². The first kappa shape index (κ1) is 12.3. The van der Waals surface area contributed by atoms with Crippen molar-refractivity contribution in [3.05, 3.63) is 24.3 Å². The normalized spacial score (nSPS) is 11.3. The van der Waals surface area contributed by atoms with Gasteiger partial charge in [0.2, 0.25) is 0 Å². The van der Waals surface area contributed by atoms with Gasteiger partial charge < -0.3 is 4.74 Å². The van der Waals surface area contributed by atoms with E-state index in [9.17, 15) is 8.42 Å². The van der Waals surface area contributed by atoms with Gasteiger partial charge in [0.1, 0.15) is 5.75 Å². The van der Waals surface area contributed by atoms with E-state index < -0.39 is 9.05 Å². The van der Waals surface area contributed by atoms with Crippen LogP contribution in [-0.4, -0.2) is 15.0 Å². The lowest BCUT2D eigenvalue weighted by Gasteiger charge is -2.05. The summed E-state index contributed by atoms with van der Waals surface area (Å²) in [5.74, 6) is 0.533. The molecule has 1 aromatic carbocycles. The minimum absolute atomic E-state index is 0.0677. The largest absolute Gasteiger partial charge is 0.494 e. The summed E-state index contributed by atoms with van der Waals surface area (Å²) in [6.45, 7) is 2.64. The fraction of sp³-hybridized carbons (Fsp3) is 0.400. The van der Waals surface area contributed by atoms with Gasteiger partial charge >= 0.3 is 0 Å². The van der Waals surface area contributed by atoms with Gasteiger partial charge in [-0.25, -0.2) is 8.42 Å². The fourth-order valence-corrected chi connectivity index (χ4v) is 1.84. The van der Waals surface area contributed by atoms with Gasteiger partial charge in [0.05, 0.1) is 11.5 Å². The number of benzene rings is 1. The van der Waals surface area contributed by atoms with Crippen LogP contribution >= 0.6 is 10.7 Å². The van der Waals surface area contributed by atoms with Crippen LogP contribution in [0.2, 0.25) is 0 Å². The van der Waals surface area contributed by atoms with Gasteiger partial charge in [0.15, 0.2) is 0 Å². The Bertz CT molecular complexity index is 414. The molecule has 1 aromatic rings. The molecule has 0 aromatic heterocycles. The maximum absolute atomic E-state index is 11.0. The predicted molar refractivity (Wildman–Crippen MR) is 59.9 cm³/mol. The molecule has 0 heterocycles. The van der Waals surface area contributed by atoms with Crippen LogP contribution in [0.1, 0.15) is 19.8 Å². The Labute approximate surface area is 94.4 Å². The number of halogens is 1. The first-order chi connectivity index (χ1) is 7.04. The average Bonchev–Trinajstić information content (AvgIpc) is 2.17. The average molecular weight is 249 g/mol. The van der Waals surface area contributed by atoms with Crippen molar-refractivity contribution in [2.75, 3.05) is 6.61 Å². The summed E-state index contributed by atoms with van der Waals surface area (Å²) >= 11 is 0. The monoisotopic (exact) mass is 248 g/mol. The van der Waals surface area contributed by atoms with Crippen molar-refractivity contribution in [3.8, 4) is 5.75 Å². The topological polar surface area (TPSA) is 43.4 Å². The Morgan fingerprint density at radius 1 is 1.40 bits per heavy atom. The molecule has 0 saturated carbocycles. The van der Waals surface area contributed by atoms with Gasteiger partial charge in [0, 0.05) is 16.7 Å². The zero-order valence-corrected chi connectivity index (χ0v) is 10.0. The summed E-state index contributed by atoms with van der Waals surface area (Å²) in [7, 11) is 1.54. The summed E-state index contributed by atoms with van der Waals surface area (Å²) in [6, 6.07) is 6.19. The molecular weight excluding hydrogens is 236 g/mol. The van der Waals surface area contributed by atoms with Crippen LogP contribution in [0.5, 0.6) is 5.75 Å². The zero-order chi connectivity index (χ0) is 11.3. The van der Waals surface area contributed by atoms with Gasteiger partial charge in [0.25, 0.3) is 9.05 Å². The lowest BCUT2D eigenvalue weighted by Crippen LogP contribution is -1.97. The number of ether oxygens (including phenoxy) is 1. The van der Waals surface area contributed by atoms with E-state index in [4.69, 9.17) is 15.4 Å². The Balaban J connectivity index is 2.75. The van der Waals surface area contributed by atoms with Crippen molar-refractivity contribution in [2.24, 2.45) is 0 Å². The first-order valence-electron chi connectivity index (χ1n) is 4.71. The Kier molecular flexibility index (Phi) is 4.42. The molecule has 0 fully saturated rings. The number of rotatable bonds is 5. The van der Waals surface area contributed by atoms with Crippen LogP contribution in [-0.2, 0) is 9.05 Å². The molecule has 0 saturated heterocycles. The van der Waals surface area contributed by atoms with Crippen LogP contribution in [0.25, 0.3) is 0 Å². The molecule has 0 amide bonds. The van der Waals surface area contributed by atoms with Crippen molar-refractivity contribution in [2.45, 2.75) is 24.7 Å². The van der Waals surface area contributed by atoms with Gasteiger partial charge in [-0.1, -0.05) is 19.4 Å². The van der Waals surface area contributed by atoms with E-state index in [1.807, 2.05) is 0 Å². The lowest BCUT2D eigenvalue weighted by atomic mass is 10.3. The molecule has 0 bridgehead atoms. The molecule has 0 aliphatic heterocycles. The summed E-state index contributed by atoms with van der Waals surface area (Å²) in [4.78, 5) is 0.0677. The number of hydrogen-bond donors (Lipinski definition) is 0. The third-order valence-electron chi connectivity index (χ3n) is 1.85. The van der Waals surface area contributed by atoms with Crippen molar-refractivity contribution in [1.29, 1.82) is 0 Å². The third-order valence-corrected chi connectivity index (χ3v) is 3.21. The Morgan fingerprint density at radius 3 is 2.73 bits per heavy atom. The highest BCUT2D eigenvalue weighted by atomic mass is 35.7. The zero-order valence-electron chi connectivity index (χ0n) is 8.44. The van der Waals surface area contributed by atoms with Crippen molar-refractivity contribution in [1.82, 2.24) is 0 Å². The summed E-state index contributed by atoms with van der Waals surface area (Å²) in [5, 5.41) is 0. The number of unbranched alkanes of at least 4 members (excludes halogenated alkanes) is 1. The van der Waals surface area contributed by atoms with Gasteiger partial charge in [-0.3, -0.25) is 0 Å². The summed E-state index contributed by atoms with van der Waals surface area (Å²) in [6.07, 6.45) is 1.98. The van der Waals surface area contributed by atoms with E-state index in [0.29, 0.717) is 12.4 Å². The second kappa shape index (κ2) is 5.37. The molecule has 15 heavy (non-hydrogen) atoms. The van der Waals surface area contributed by atoms with Crippen LogP contribution in [0, 0.1) is 0 Å². The van der Waals surface area contributed by atoms with E-state index in [1.165, 1.54) is 12.1 Å². The molecule has 0 atom stereocenters. The van der Waals surface area contributed by atoms with Crippen LogP contribution < -0.4 is 4.74 Å². The quantitative estimate of drug-likeness (QED) is 0.595. The van der Waals surface area contributed by atoms with Gasteiger partial charge in [-0.2, -0.15) is 0 Å². The molecule has 0 radical (unpaired) electrons. The molecule has 1 rings (SSSR count). The minimum Gasteiger partial charge on any atom is -0.494 e. The van der Waals surface area contributed by atoms with Crippen molar-refractivity contribution in [3.63, 3.8) is 0 Å². The minimum atomic E-state index is -3.66. The van der Waals surface area contributed by atoms with E-state index >= 15 is 0 Å². The van der Waals surface area contributed by atoms with Crippen LogP contribution in [0.15, 0.2) is 29.2 Å². The predicted octanol–water partition coefficient (Wildman–Crippen LogP) is 2.79. The molecule has 3 nitrogen and oxygen atoms in total.